The van der Waals surface area contributed by atoms with Crippen molar-refractivity contribution in [3.63, 3.8) is 0 Å². The number of nitrogens with zero attached hydrogens (tertiary/aromatic N) is 3. The molecule has 0 fully saturated rings. The number of hydrogen-bond donors (Lipinski definition) is 1. The van der Waals surface area contributed by atoms with Gasteiger partial charge in [0.05, 0.1) is 18.9 Å². The van der Waals surface area contributed by atoms with Crippen molar-refractivity contribution in [2.24, 2.45) is 0 Å². The average Bonchev–Trinajstić information content (AvgIpc) is 2.83. The van der Waals surface area contributed by atoms with Crippen LogP contribution in [0.3, 0.4) is 0 Å². The maximum Gasteiger partial charge on any atom is 0.152 e. The minimum atomic E-state index is 0.00461. The number of nitrogens with one attached hydrogen (secondary N) is 1. The molecule has 2 aromatic heterocycles. The van der Waals surface area contributed by atoms with Gasteiger partial charge in [-0.3, -0.25) is 0 Å². The molecule has 0 bridgehead atoms. The van der Waals surface area contributed by atoms with Gasteiger partial charge in [0, 0.05) is 33.2 Å². The lowest BCUT2D eigenvalue weighted by Crippen LogP contribution is -2.27. The Morgan fingerprint density at radius 2 is 2.29 bits per heavy atom. The van der Waals surface area contributed by atoms with Gasteiger partial charge in [0.1, 0.15) is 5.52 Å². The fraction of sp³-hybridized carbons (Fsp3) is 0.455. The second-order valence-electron chi connectivity index (χ2n) is 3.63. The highest BCUT2D eigenvalue weighted by Gasteiger charge is 2.08. The Morgan fingerprint density at radius 3 is 3.06 bits per heavy atom. The van der Waals surface area contributed by atoms with E-state index < -0.39 is 0 Å². The lowest BCUT2D eigenvalue weighted by molar-refractivity contribution is 0.0365. The number of aromatic nitrogens is 3. The van der Waals surface area contributed by atoms with E-state index in [1.165, 1.54) is 0 Å². The van der Waals surface area contributed by atoms with E-state index >= 15 is 0 Å². The third kappa shape index (κ3) is 2.72. The van der Waals surface area contributed by atoms with E-state index in [0.717, 1.165) is 11.3 Å². The van der Waals surface area contributed by atoms with Crippen LogP contribution in [0.25, 0.3) is 5.52 Å². The molecule has 1 atom stereocenters. The van der Waals surface area contributed by atoms with Crippen LogP contribution in [0.4, 0.5) is 5.82 Å². The van der Waals surface area contributed by atoms with Gasteiger partial charge < -0.3 is 14.8 Å². The minimum absolute atomic E-state index is 0.00461. The summed E-state index contributed by atoms with van der Waals surface area (Å²) in [7, 11) is 3.32. The molecular weight excluding hydrogens is 220 g/mol. The van der Waals surface area contributed by atoms with Gasteiger partial charge in [-0.05, 0) is 6.07 Å². The van der Waals surface area contributed by atoms with Crippen LogP contribution in [0, 0.1) is 0 Å². The van der Waals surface area contributed by atoms with Crippen molar-refractivity contribution < 1.29 is 9.47 Å². The van der Waals surface area contributed by atoms with Crippen LogP contribution in [-0.2, 0) is 9.47 Å². The predicted molar refractivity (Wildman–Crippen MR) is 64.1 cm³/mol. The maximum atomic E-state index is 5.27. The second kappa shape index (κ2) is 5.60. The Bertz CT molecular complexity index is 471. The van der Waals surface area contributed by atoms with Crippen LogP contribution in [0.15, 0.2) is 24.7 Å². The summed E-state index contributed by atoms with van der Waals surface area (Å²) >= 11 is 0. The van der Waals surface area contributed by atoms with Crippen molar-refractivity contribution in [2.75, 3.05) is 32.7 Å². The van der Waals surface area contributed by atoms with E-state index in [0.29, 0.717) is 13.2 Å². The summed E-state index contributed by atoms with van der Waals surface area (Å²) < 4.78 is 12.1. The fourth-order valence-corrected chi connectivity index (χ4v) is 1.60. The number of ether oxygens (including phenoxy) is 2. The fourth-order valence-electron chi connectivity index (χ4n) is 1.60. The maximum absolute atomic E-state index is 5.27. The summed E-state index contributed by atoms with van der Waals surface area (Å²) in [6.07, 6.45) is 5.26. The lowest BCUT2D eigenvalue weighted by Gasteiger charge is -2.15. The van der Waals surface area contributed by atoms with Gasteiger partial charge in [-0.1, -0.05) is 0 Å². The van der Waals surface area contributed by atoms with Gasteiger partial charge in [0.15, 0.2) is 5.82 Å². The Balaban J connectivity index is 2.05. The van der Waals surface area contributed by atoms with Crippen molar-refractivity contribution in [1.29, 1.82) is 0 Å². The summed E-state index contributed by atoms with van der Waals surface area (Å²) in [5.41, 5.74) is 0.944. The first-order chi connectivity index (χ1) is 8.35. The van der Waals surface area contributed by atoms with E-state index in [1.54, 1.807) is 31.1 Å². The number of hydrogen-bond acceptors (Lipinski definition) is 5. The number of rotatable bonds is 6. The summed E-state index contributed by atoms with van der Waals surface area (Å²) in [6, 6.07) is 1.91. The van der Waals surface area contributed by atoms with E-state index in [1.807, 2.05) is 12.3 Å². The van der Waals surface area contributed by atoms with Crippen LogP contribution in [0.2, 0.25) is 0 Å². The third-order valence-electron chi connectivity index (χ3n) is 2.51. The zero-order valence-electron chi connectivity index (χ0n) is 9.96. The number of fused-ring (bicyclic) bond motifs is 1. The van der Waals surface area contributed by atoms with Gasteiger partial charge in [-0.2, -0.15) is 5.10 Å². The van der Waals surface area contributed by atoms with Crippen molar-refractivity contribution >= 4 is 11.3 Å². The van der Waals surface area contributed by atoms with Crippen LogP contribution >= 0.6 is 0 Å². The van der Waals surface area contributed by atoms with Crippen molar-refractivity contribution in [1.82, 2.24) is 14.6 Å². The molecule has 0 aliphatic carbocycles. The topological polar surface area (TPSA) is 60.7 Å². The first kappa shape index (κ1) is 11.8. The van der Waals surface area contributed by atoms with E-state index in [4.69, 9.17) is 9.47 Å². The van der Waals surface area contributed by atoms with E-state index in [-0.39, 0.29) is 6.10 Å². The molecule has 1 N–H and O–H groups in total. The summed E-state index contributed by atoms with van der Waals surface area (Å²) in [5, 5.41) is 7.38. The molecule has 6 nitrogen and oxygen atoms in total. The second-order valence-corrected chi connectivity index (χ2v) is 3.63. The number of methoxy groups -OCH3 is 2. The monoisotopic (exact) mass is 236 g/mol. The molecule has 6 heteroatoms. The quantitative estimate of drug-likeness (QED) is 0.804. The van der Waals surface area contributed by atoms with Crippen LogP contribution in [0.1, 0.15) is 0 Å². The molecule has 0 spiro atoms. The SMILES string of the molecule is COCC(CNc1nccn2nccc12)OC. The van der Waals surface area contributed by atoms with Crippen LogP contribution < -0.4 is 5.32 Å². The third-order valence-corrected chi connectivity index (χ3v) is 2.51. The van der Waals surface area contributed by atoms with Gasteiger partial charge in [0.2, 0.25) is 0 Å². The molecule has 0 amide bonds. The molecular formula is C11H16N4O2. The molecule has 0 aliphatic heterocycles. The van der Waals surface area contributed by atoms with E-state index in [9.17, 15) is 0 Å². The van der Waals surface area contributed by atoms with E-state index in [2.05, 4.69) is 15.4 Å². The van der Waals surface area contributed by atoms with Crippen LogP contribution in [-0.4, -0.2) is 48.1 Å². The summed E-state index contributed by atoms with van der Waals surface area (Å²) in [4.78, 5) is 4.28. The molecule has 2 aromatic rings. The molecule has 92 valence electrons. The van der Waals surface area contributed by atoms with Gasteiger partial charge in [-0.15, -0.1) is 0 Å². The molecule has 17 heavy (non-hydrogen) atoms. The normalized spacial score (nSPS) is 12.8. The van der Waals surface area contributed by atoms with Crippen LogP contribution in [0.5, 0.6) is 0 Å². The van der Waals surface area contributed by atoms with Crippen molar-refractivity contribution in [3.8, 4) is 0 Å². The standard InChI is InChI=1S/C11H16N4O2/c1-16-8-9(17-2)7-13-11-10-3-4-14-15(10)6-5-12-11/h3-6,9H,7-8H2,1-2H3,(H,12,13). The first-order valence-corrected chi connectivity index (χ1v) is 5.39. The molecule has 1 unspecified atom stereocenters. The molecule has 0 aliphatic rings. The van der Waals surface area contributed by atoms with Gasteiger partial charge >= 0.3 is 0 Å². The van der Waals surface area contributed by atoms with Gasteiger partial charge in [0.25, 0.3) is 0 Å². The molecule has 2 rings (SSSR count). The zero-order chi connectivity index (χ0) is 12.1. The summed E-state index contributed by atoms with van der Waals surface area (Å²) in [6.45, 7) is 1.19. The summed E-state index contributed by atoms with van der Waals surface area (Å²) in [5.74, 6) is 0.795. The molecule has 0 saturated heterocycles. The Labute approximate surface area is 99.6 Å². The Morgan fingerprint density at radius 1 is 1.41 bits per heavy atom. The predicted octanol–water partition coefficient (Wildman–Crippen LogP) is 0.803. The molecule has 0 saturated carbocycles. The minimum Gasteiger partial charge on any atom is -0.382 e. The number of anilines is 1. The van der Waals surface area contributed by atoms with Crippen molar-refractivity contribution in [3.05, 3.63) is 24.7 Å². The molecule has 0 radical (unpaired) electrons. The zero-order valence-corrected chi connectivity index (χ0v) is 9.96. The molecule has 2 heterocycles. The highest BCUT2D eigenvalue weighted by Crippen LogP contribution is 2.12. The molecule has 0 aromatic carbocycles. The van der Waals surface area contributed by atoms with Gasteiger partial charge in [-0.25, -0.2) is 9.50 Å². The Hall–Kier alpha value is -1.66. The first-order valence-electron chi connectivity index (χ1n) is 5.39. The Kier molecular flexibility index (Phi) is 3.89. The average molecular weight is 236 g/mol. The highest BCUT2D eigenvalue weighted by molar-refractivity contribution is 5.66. The largest absolute Gasteiger partial charge is 0.382 e. The smallest absolute Gasteiger partial charge is 0.152 e. The lowest BCUT2D eigenvalue weighted by atomic mass is 10.3. The highest BCUT2D eigenvalue weighted by atomic mass is 16.5. The van der Waals surface area contributed by atoms with Crippen molar-refractivity contribution in [2.45, 2.75) is 6.10 Å².